The third kappa shape index (κ3) is 2.85. The van der Waals surface area contributed by atoms with E-state index in [1.165, 1.54) is 0 Å². The Morgan fingerprint density at radius 3 is 2.39 bits per heavy atom. The van der Waals surface area contributed by atoms with Crippen LogP contribution in [0.25, 0.3) is 11.0 Å². The standard InChI is InChI=1S/C13H14F3NO/c1-12(2,17)7-8-3-4-10-9(5-8)6-11(18-10)13(14,15)16/h3-6H,7,17H2,1-2H3. The molecule has 2 N–H and O–H groups in total. The van der Waals surface area contributed by atoms with Crippen LogP contribution in [-0.2, 0) is 12.6 Å². The predicted octanol–water partition coefficient (Wildman–Crippen LogP) is 3.73. The van der Waals surface area contributed by atoms with Gasteiger partial charge in [-0.3, -0.25) is 0 Å². The number of nitrogens with two attached hydrogens (primary N) is 1. The van der Waals surface area contributed by atoms with Crippen molar-refractivity contribution in [3.8, 4) is 0 Å². The second kappa shape index (κ2) is 4.02. The summed E-state index contributed by atoms with van der Waals surface area (Å²) in [5.74, 6) is -0.971. The Morgan fingerprint density at radius 1 is 1.17 bits per heavy atom. The average Bonchev–Trinajstić information content (AvgIpc) is 2.57. The van der Waals surface area contributed by atoms with Crippen LogP contribution in [0.1, 0.15) is 25.2 Å². The molecule has 0 amide bonds. The Balaban J connectivity index is 2.40. The molecule has 98 valence electrons. The van der Waals surface area contributed by atoms with Crippen molar-refractivity contribution in [1.29, 1.82) is 0 Å². The summed E-state index contributed by atoms with van der Waals surface area (Å²) < 4.78 is 42.2. The maximum atomic E-state index is 12.5. The number of alkyl halides is 3. The van der Waals surface area contributed by atoms with Crippen LogP contribution in [0.4, 0.5) is 13.2 Å². The van der Waals surface area contributed by atoms with Crippen LogP contribution in [-0.4, -0.2) is 5.54 Å². The highest BCUT2D eigenvalue weighted by molar-refractivity contribution is 5.78. The molecule has 0 saturated carbocycles. The van der Waals surface area contributed by atoms with Crippen molar-refractivity contribution >= 4 is 11.0 Å². The van der Waals surface area contributed by atoms with Gasteiger partial charge < -0.3 is 10.2 Å². The second-order valence-electron chi connectivity index (χ2n) is 5.15. The zero-order chi connectivity index (χ0) is 13.6. The summed E-state index contributed by atoms with van der Waals surface area (Å²) >= 11 is 0. The van der Waals surface area contributed by atoms with Crippen LogP contribution in [0.2, 0.25) is 0 Å². The minimum absolute atomic E-state index is 0.237. The number of furan rings is 1. The Morgan fingerprint density at radius 2 is 1.83 bits per heavy atom. The van der Waals surface area contributed by atoms with Crippen molar-refractivity contribution < 1.29 is 17.6 Å². The molecule has 0 atom stereocenters. The minimum Gasteiger partial charge on any atom is -0.452 e. The van der Waals surface area contributed by atoms with E-state index in [0.29, 0.717) is 11.8 Å². The van der Waals surface area contributed by atoms with Crippen LogP contribution in [0.5, 0.6) is 0 Å². The largest absolute Gasteiger partial charge is 0.452 e. The molecule has 0 aliphatic rings. The Kier molecular flexibility index (Phi) is 2.89. The summed E-state index contributed by atoms with van der Waals surface area (Å²) in [6.45, 7) is 3.74. The topological polar surface area (TPSA) is 39.2 Å². The van der Waals surface area contributed by atoms with E-state index in [-0.39, 0.29) is 5.58 Å². The highest BCUT2D eigenvalue weighted by Crippen LogP contribution is 2.34. The molecule has 18 heavy (non-hydrogen) atoms. The number of halogens is 3. The zero-order valence-electron chi connectivity index (χ0n) is 10.1. The first-order valence-electron chi connectivity index (χ1n) is 5.54. The molecule has 0 unspecified atom stereocenters. The first-order chi connectivity index (χ1) is 8.15. The molecule has 0 spiro atoms. The van der Waals surface area contributed by atoms with E-state index in [4.69, 9.17) is 10.2 Å². The molecule has 0 radical (unpaired) electrons. The van der Waals surface area contributed by atoms with Gasteiger partial charge in [0.05, 0.1) is 0 Å². The molecule has 0 aliphatic carbocycles. The summed E-state index contributed by atoms with van der Waals surface area (Å²) in [6, 6.07) is 5.98. The van der Waals surface area contributed by atoms with Gasteiger partial charge in [-0.1, -0.05) is 6.07 Å². The molecule has 5 heteroatoms. The van der Waals surface area contributed by atoms with Crippen molar-refractivity contribution in [2.75, 3.05) is 0 Å². The Labute approximate surface area is 103 Å². The van der Waals surface area contributed by atoms with E-state index < -0.39 is 17.5 Å². The number of hydrogen-bond acceptors (Lipinski definition) is 2. The van der Waals surface area contributed by atoms with Crippen molar-refractivity contribution in [2.45, 2.75) is 32.0 Å². The summed E-state index contributed by atoms with van der Waals surface area (Å²) in [4.78, 5) is 0. The lowest BCUT2D eigenvalue weighted by Gasteiger charge is -2.18. The van der Waals surface area contributed by atoms with Gasteiger partial charge in [0.25, 0.3) is 0 Å². The lowest BCUT2D eigenvalue weighted by molar-refractivity contribution is -0.152. The second-order valence-corrected chi connectivity index (χ2v) is 5.15. The summed E-state index contributed by atoms with van der Waals surface area (Å²) in [5.41, 5.74) is 6.61. The molecule has 2 aromatic rings. The van der Waals surface area contributed by atoms with Crippen molar-refractivity contribution in [2.24, 2.45) is 5.73 Å². The fourth-order valence-electron chi connectivity index (χ4n) is 1.87. The average molecular weight is 257 g/mol. The van der Waals surface area contributed by atoms with E-state index >= 15 is 0 Å². The van der Waals surface area contributed by atoms with E-state index in [1.807, 2.05) is 13.8 Å². The first kappa shape index (κ1) is 13.0. The molecule has 0 saturated heterocycles. The van der Waals surface area contributed by atoms with Gasteiger partial charge in [0.15, 0.2) is 0 Å². The third-order valence-corrected chi connectivity index (χ3v) is 2.52. The van der Waals surface area contributed by atoms with Gasteiger partial charge in [-0.15, -0.1) is 0 Å². The molecule has 0 fully saturated rings. The molecular weight excluding hydrogens is 243 g/mol. The van der Waals surface area contributed by atoms with Gasteiger partial charge in [-0.25, -0.2) is 0 Å². The fourth-order valence-corrected chi connectivity index (χ4v) is 1.87. The van der Waals surface area contributed by atoms with Crippen molar-refractivity contribution in [3.63, 3.8) is 0 Å². The molecular formula is C13H14F3NO. The van der Waals surface area contributed by atoms with Gasteiger partial charge in [-0.2, -0.15) is 13.2 Å². The molecule has 2 nitrogen and oxygen atoms in total. The Hall–Kier alpha value is -1.49. The number of benzene rings is 1. The van der Waals surface area contributed by atoms with Crippen LogP contribution in [0.15, 0.2) is 28.7 Å². The Bertz CT molecular complexity index is 564. The normalized spacial score (nSPS) is 13.2. The summed E-state index contributed by atoms with van der Waals surface area (Å²) in [6.07, 6.45) is -3.86. The van der Waals surface area contributed by atoms with E-state index in [9.17, 15) is 13.2 Å². The van der Waals surface area contributed by atoms with E-state index in [0.717, 1.165) is 11.6 Å². The van der Waals surface area contributed by atoms with Gasteiger partial charge in [0.2, 0.25) is 5.76 Å². The first-order valence-corrected chi connectivity index (χ1v) is 5.54. The van der Waals surface area contributed by atoms with Crippen LogP contribution < -0.4 is 5.73 Å². The van der Waals surface area contributed by atoms with Gasteiger partial charge >= 0.3 is 6.18 Å². The smallest absolute Gasteiger partial charge is 0.449 e. The van der Waals surface area contributed by atoms with Crippen molar-refractivity contribution in [3.05, 3.63) is 35.6 Å². The zero-order valence-corrected chi connectivity index (χ0v) is 10.1. The summed E-state index contributed by atoms with van der Waals surface area (Å²) in [5, 5.41) is 0.448. The lowest BCUT2D eigenvalue weighted by atomic mass is 9.96. The number of hydrogen-bond donors (Lipinski definition) is 1. The maximum absolute atomic E-state index is 12.5. The van der Waals surface area contributed by atoms with Crippen LogP contribution in [0, 0.1) is 0 Å². The number of rotatable bonds is 2. The van der Waals surface area contributed by atoms with Gasteiger partial charge in [0.1, 0.15) is 5.58 Å². The van der Waals surface area contributed by atoms with Crippen molar-refractivity contribution in [1.82, 2.24) is 0 Å². The fraction of sp³-hybridized carbons (Fsp3) is 0.385. The molecule has 1 heterocycles. The monoisotopic (exact) mass is 257 g/mol. The molecule has 1 aromatic heterocycles. The predicted molar refractivity (Wildman–Crippen MR) is 63.2 cm³/mol. The molecule has 1 aromatic carbocycles. The third-order valence-electron chi connectivity index (χ3n) is 2.52. The molecule has 2 rings (SSSR count). The van der Waals surface area contributed by atoms with E-state index in [1.54, 1.807) is 18.2 Å². The van der Waals surface area contributed by atoms with Crippen LogP contribution in [0.3, 0.4) is 0 Å². The highest BCUT2D eigenvalue weighted by atomic mass is 19.4. The lowest BCUT2D eigenvalue weighted by Crippen LogP contribution is -2.34. The molecule has 0 aliphatic heterocycles. The maximum Gasteiger partial charge on any atom is 0.449 e. The SMILES string of the molecule is CC(C)(N)Cc1ccc2oc(C(F)(F)F)cc2c1. The van der Waals surface area contributed by atoms with Crippen LogP contribution >= 0.6 is 0 Å². The minimum atomic E-state index is -4.45. The molecule has 0 bridgehead atoms. The number of fused-ring (bicyclic) bond motifs is 1. The van der Waals surface area contributed by atoms with Gasteiger partial charge in [0, 0.05) is 10.9 Å². The van der Waals surface area contributed by atoms with E-state index in [2.05, 4.69) is 0 Å². The van der Waals surface area contributed by atoms with Gasteiger partial charge in [-0.05, 0) is 44.0 Å². The highest BCUT2D eigenvalue weighted by Gasteiger charge is 2.35. The quantitative estimate of drug-likeness (QED) is 0.890. The summed E-state index contributed by atoms with van der Waals surface area (Å²) in [7, 11) is 0.